The lowest BCUT2D eigenvalue weighted by atomic mass is 9.76. The van der Waals surface area contributed by atoms with Crippen molar-refractivity contribution in [3.05, 3.63) is 53.1 Å². The van der Waals surface area contributed by atoms with Crippen molar-refractivity contribution in [3.63, 3.8) is 0 Å². The fraction of sp³-hybridized carbons (Fsp3) is 0.286. The van der Waals surface area contributed by atoms with Gasteiger partial charge in [0, 0.05) is 11.1 Å². The highest BCUT2D eigenvalue weighted by molar-refractivity contribution is 9.25. The molecule has 0 saturated carbocycles. The Kier molecular flexibility index (Phi) is 3.00. The maximum Gasteiger partial charge on any atom is 0.340 e. The Labute approximate surface area is 129 Å². The van der Waals surface area contributed by atoms with Crippen molar-refractivity contribution in [3.8, 4) is 0 Å². The molecule has 0 atom stereocenters. The van der Waals surface area contributed by atoms with Gasteiger partial charge < -0.3 is 0 Å². The van der Waals surface area contributed by atoms with Crippen molar-refractivity contribution in [1.29, 1.82) is 0 Å². The molecule has 0 saturated heterocycles. The minimum absolute atomic E-state index is 0.171. The Morgan fingerprint density at radius 1 is 0.950 bits per heavy atom. The number of fused-ring (bicyclic) bond motifs is 3. The van der Waals surface area contributed by atoms with Gasteiger partial charge in [0.2, 0.25) is 0 Å². The minimum Gasteiger partial charge on any atom is -0.194 e. The summed E-state index contributed by atoms with van der Waals surface area (Å²) in [5, 5.41) is 0. The molecule has 0 N–H and O–H groups in total. The summed E-state index contributed by atoms with van der Waals surface area (Å²) in [6.07, 6.45) is 3.08. The van der Waals surface area contributed by atoms with Crippen LogP contribution in [0.3, 0.4) is 0 Å². The first kappa shape index (κ1) is 14.3. The highest BCUT2D eigenvalue weighted by Gasteiger charge is 2.64. The predicted octanol–water partition coefficient (Wildman–Crippen LogP) is 5.63. The molecule has 106 valence electrons. The Morgan fingerprint density at radius 2 is 1.60 bits per heavy atom. The van der Waals surface area contributed by atoms with Crippen molar-refractivity contribution >= 4 is 37.4 Å². The first-order valence-electron chi connectivity index (χ1n) is 5.84. The van der Waals surface area contributed by atoms with E-state index >= 15 is 0 Å². The summed E-state index contributed by atoms with van der Waals surface area (Å²) < 4.78 is 55.9. The van der Waals surface area contributed by atoms with Gasteiger partial charge in [0.15, 0.2) is 0 Å². The van der Waals surface area contributed by atoms with E-state index in [-0.39, 0.29) is 11.1 Å². The molecule has 0 bridgehead atoms. The summed E-state index contributed by atoms with van der Waals surface area (Å²) in [6, 6.07) is 5.43. The second-order valence-corrected chi connectivity index (χ2v) is 8.73. The SMILES string of the molecule is FC1(F)C2=CC(Br)(Br)CC=C2c2ccccc2C1(F)F. The predicted molar refractivity (Wildman–Crippen MR) is 76.5 cm³/mol. The van der Waals surface area contributed by atoms with E-state index in [1.807, 2.05) is 0 Å². The van der Waals surface area contributed by atoms with E-state index < -0.39 is 26.2 Å². The Morgan fingerprint density at radius 3 is 2.30 bits per heavy atom. The number of halogens is 6. The molecule has 2 aliphatic rings. The number of allylic oxidation sites excluding steroid dienone is 4. The fourth-order valence-corrected chi connectivity index (χ4v) is 3.32. The summed E-state index contributed by atoms with van der Waals surface area (Å²) in [4.78, 5) is 0. The normalized spacial score (nSPS) is 25.1. The summed E-state index contributed by atoms with van der Waals surface area (Å²) in [5.74, 6) is -8.46. The Balaban J connectivity index is 2.33. The van der Waals surface area contributed by atoms with E-state index in [1.54, 1.807) is 12.1 Å². The third-order valence-electron chi connectivity index (χ3n) is 3.51. The van der Waals surface area contributed by atoms with Crippen LogP contribution in [0.5, 0.6) is 0 Å². The van der Waals surface area contributed by atoms with Gasteiger partial charge in [-0.15, -0.1) is 0 Å². The van der Waals surface area contributed by atoms with Gasteiger partial charge in [0.05, 0.1) is 0 Å². The first-order chi connectivity index (χ1) is 9.17. The molecule has 1 aromatic rings. The molecule has 0 spiro atoms. The number of alkyl halides is 6. The molecule has 1 aromatic carbocycles. The lowest BCUT2D eigenvalue weighted by molar-refractivity contribution is -0.193. The first-order valence-corrected chi connectivity index (χ1v) is 7.43. The van der Waals surface area contributed by atoms with Crippen LogP contribution in [0.15, 0.2) is 42.0 Å². The van der Waals surface area contributed by atoms with Crippen LogP contribution >= 0.6 is 31.9 Å². The second-order valence-electron chi connectivity index (χ2n) is 4.84. The standard InChI is InChI=1S/C14H8Br2F4/c15-12(16)6-5-9-8-3-1-2-4-10(8)13(17,18)14(19,20)11(9)7-12/h1-5,7H,6H2. The maximum absolute atomic E-state index is 14.2. The van der Waals surface area contributed by atoms with Gasteiger partial charge in [0.1, 0.15) is 3.23 Å². The minimum atomic E-state index is -4.24. The molecule has 6 heteroatoms. The molecule has 0 radical (unpaired) electrons. The van der Waals surface area contributed by atoms with Gasteiger partial charge in [0.25, 0.3) is 0 Å². The van der Waals surface area contributed by atoms with Gasteiger partial charge in [-0.3, -0.25) is 0 Å². The van der Waals surface area contributed by atoms with Crippen molar-refractivity contribution in [2.24, 2.45) is 0 Å². The zero-order chi connectivity index (χ0) is 14.8. The van der Waals surface area contributed by atoms with E-state index in [0.717, 1.165) is 12.1 Å². The molecule has 0 fully saturated rings. The van der Waals surface area contributed by atoms with Crippen LogP contribution < -0.4 is 0 Å². The molecule has 0 heterocycles. The molecule has 20 heavy (non-hydrogen) atoms. The van der Waals surface area contributed by atoms with E-state index in [4.69, 9.17) is 0 Å². The lowest BCUT2D eigenvalue weighted by Gasteiger charge is -2.39. The summed E-state index contributed by atoms with van der Waals surface area (Å²) in [6.45, 7) is 0. The molecular weight excluding hydrogens is 404 g/mol. The Bertz CT molecular complexity index is 644. The number of hydrogen-bond donors (Lipinski definition) is 0. The van der Waals surface area contributed by atoms with Crippen LogP contribution in [0.1, 0.15) is 17.5 Å². The fourth-order valence-electron chi connectivity index (χ4n) is 2.54. The average molecular weight is 412 g/mol. The number of rotatable bonds is 0. The summed E-state index contributed by atoms with van der Waals surface area (Å²) in [5.41, 5.74) is -0.900. The lowest BCUT2D eigenvalue weighted by Crippen LogP contribution is -2.45. The van der Waals surface area contributed by atoms with Gasteiger partial charge >= 0.3 is 11.8 Å². The van der Waals surface area contributed by atoms with Crippen molar-refractivity contribution in [2.45, 2.75) is 21.5 Å². The Hall–Kier alpha value is -0.620. The largest absolute Gasteiger partial charge is 0.340 e. The van der Waals surface area contributed by atoms with Crippen LogP contribution in [-0.4, -0.2) is 9.16 Å². The molecule has 0 aromatic heterocycles. The highest BCUT2D eigenvalue weighted by Crippen LogP contribution is 2.59. The molecule has 0 unspecified atom stereocenters. The van der Waals surface area contributed by atoms with E-state index in [1.165, 1.54) is 12.1 Å². The third-order valence-corrected chi connectivity index (χ3v) is 4.62. The summed E-state index contributed by atoms with van der Waals surface area (Å²) in [7, 11) is 0. The molecule has 2 aliphatic carbocycles. The maximum atomic E-state index is 14.2. The van der Waals surface area contributed by atoms with Crippen LogP contribution in [0.4, 0.5) is 17.6 Å². The van der Waals surface area contributed by atoms with Gasteiger partial charge in [-0.2, -0.15) is 17.6 Å². The molecule has 0 amide bonds. The third kappa shape index (κ3) is 1.84. The van der Waals surface area contributed by atoms with E-state index in [0.29, 0.717) is 6.42 Å². The van der Waals surface area contributed by atoms with Crippen LogP contribution in [0.2, 0.25) is 0 Å². The van der Waals surface area contributed by atoms with Crippen LogP contribution in [-0.2, 0) is 5.92 Å². The smallest absolute Gasteiger partial charge is 0.194 e. The number of hydrogen-bond acceptors (Lipinski definition) is 0. The molecule has 3 rings (SSSR count). The monoisotopic (exact) mass is 410 g/mol. The van der Waals surface area contributed by atoms with Gasteiger partial charge in [-0.1, -0.05) is 62.2 Å². The number of benzene rings is 1. The van der Waals surface area contributed by atoms with E-state index in [9.17, 15) is 17.6 Å². The van der Waals surface area contributed by atoms with Crippen LogP contribution in [0, 0.1) is 0 Å². The van der Waals surface area contributed by atoms with Crippen molar-refractivity contribution in [1.82, 2.24) is 0 Å². The zero-order valence-corrected chi connectivity index (χ0v) is 13.1. The summed E-state index contributed by atoms with van der Waals surface area (Å²) >= 11 is 6.40. The van der Waals surface area contributed by atoms with Crippen molar-refractivity contribution < 1.29 is 17.6 Å². The second kappa shape index (κ2) is 4.19. The zero-order valence-electron chi connectivity index (χ0n) is 9.94. The van der Waals surface area contributed by atoms with Gasteiger partial charge in [-0.25, -0.2) is 0 Å². The molecular formula is C14H8Br2F4. The topological polar surface area (TPSA) is 0 Å². The quantitative estimate of drug-likeness (QED) is 0.383. The highest BCUT2D eigenvalue weighted by atomic mass is 79.9. The molecule has 0 nitrogen and oxygen atoms in total. The van der Waals surface area contributed by atoms with E-state index in [2.05, 4.69) is 31.9 Å². The van der Waals surface area contributed by atoms with Crippen LogP contribution in [0.25, 0.3) is 5.57 Å². The van der Waals surface area contributed by atoms with Gasteiger partial charge in [-0.05, 0) is 23.6 Å². The van der Waals surface area contributed by atoms with Crippen molar-refractivity contribution in [2.75, 3.05) is 0 Å². The average Bonchev–Trinajstić information content (AvgIpc) is 2.36. The molecule has 0 aliphatic heterocycles.